The van der Waals surface area contributed by atoms with Crippen LogP contribution in [0.4, 0.5) is 0 Å². The van der Waals surface area contributed by atoms with E-state index in [4.69, 9.17) is 5.73 Å². The van der Waals surface area contributed by atoms with Crippen molar-refractivity contribution in [1.29, 1.82) is 0 Å². The maximum atomic E-state index is 12.8. The number of aliphatic hydroxyl groups excluding tert-OH is 1. The zero-order chi connectivity index (χ0) is 14.9. The van der Waals surface area contributed by atoms with Crippen molar-refractivity contribution in [2.75, 3.05) is 27.2 Å². The topological polar surface area (TPSA) is 69.8 Å². The number of likely N-dealkylation sites (N-methyl/N-ethyl adjacent to an activating group) is 1. The summed E-state index contributed by atoms with van der Waals surface area (Å²) in [7, 11) is 4.00. The Kier molecular flexibility index (Phi) is 5.04. The summed E-state index contributed by atoms with van der Waals surface area (Å²) in [4.78, 5) is 16.8. The second-order valence-corrected chi connectivity index (χ2v) is 6.89. The lowest BCUT2D eigenvalue weighted by Gasteiger charge is -2.37. The van der Waals surface area contributed by atoms with E-state index in [1.807, 2.05) is 19.0 Å². The van der Waals surface area contributed by atoms with Gasteiger partial charge in [-0.3, -0.25) is 4.79 Å². The number of nitrogens with zero attached hydrogens (tertiary/aromatic N) is 2. The lowest BCUT2D eigenvalue weighted by Crippen LogP contribution is -2.51. The Morgan fingerprint density at radius 3 is 2.75 bits per heavy atom. The molecule has 3 N–H and O–H groups in total. The molecule has 5 nitrogen and oxygen atoms in total. The number of hydrogen-bond donors (Lipinski definition) is 2. The van der Waals surface area contributed by atoms with Gasteiger partial charge in [-0.2, -0.15) is 0 Å². The van der Waals surface area contributed by atoms with E-state index in [2.05, 4.69) is 11.8 Å². The van der Waals surface area contributed by atoms with Gasteiger partial charge in [-0.25, -0.2) is 0 Å². The summed E-state index contributed by atoms with van der Waals surface area (Å²) in [5.74, 6) is 0.513. The minimum Gasteiger partial charge on any atom is -0.391 e. The van der Waals surface area contributed by atoms with Gasteiger partial charge in [0.15, 0.2) is 0 Å². The molecule has 0 bridgehead atoms. The second kappa shape index (κ2) is 6.41. The molecule has 0 spiro atoms. The van der Waals surface area contributed by atoms with Crippen LogP contribution in [0.1, 0.15) is 32.6 Å². The maximum absolute atomic E-state index is 12.8. The third-order valence-corrected chi connectivity index (χ3v) is 4.86. The van der Waals surface area contributed by atoms with Crippen molar-refractivity contribution in [3.05, 3.63) is 0 Å². The zero-order valence-corrected chi connectivity index (χ0v) is 13.0. The minimum absolute atomic E-state index is 0.0333. The molecule has 2 aliphatic rings. The number of aliphatic hydroxyl groups is 1. The van der Waals surface area contributed by atoms with Crippen LogP contribution >= 0.6 is 0 Å². The van der Waals surface area contributed by atoms with E-state index in [0.717, 1.165) is 25.8 Å². The van der Waals surface area contributed by atoms with E-state index in [-0.39, 0.29) is 30.0 Å². The van der Waals surface area contributed by atoms with Crippen LogP contribution in [0.3, 0.4) is 0 Å². The van der Waals surface area contributed by atoms with Gasteiger partial charge in [0.25, 0.3) is 0 Å². The van der Waals surface area contributed by atoms with Gasteiger partial charge in [0.05, 0.1) is 12.0 Å². The van der Waals surface area contributed by atoms with Crippen molar-refractivity contribution in [2.24, 2.45) is 17.6 Å². The first-order chi connectivity index (χ1) is 9.40. The van der Waals surface area contributed by atoms with Crippen LogP contribution in [0.25, 0.3) is 0 Å². The summed E-state index contributed by atoms with van der Waals surface area (Å²) < 4.78 is 0. The fourth-order valence-electron chi connectivity index (χ4n) is 3.70. The molecule has 0 aromatic heterocycles. The Balaban J connectivity index is 2.06. The number of β-amino-alcohol motifs (C(OH)–C–C–N with tert-alkyl or cyclic N) is 1. The van der Waals surface area contributed by atoms with Crippen molar-refractivity contribution < 1.29 is 9.90 Å². The standard InChI is InChI=1S/C15H29N3O2/c1-10-5-4-6-13(14(10)16)15(20)18-9-12(19)7-11(18)8-17(2)3/h10-14,19H,4-9,16H2,1-3H3. The van der Waals surface area contributed by atoms with Crippen LogP contribution < -0.4 is 5.73 Å². The molecule has 0 aromatic carbocycles. The smallest absolute Gasteiger partial charge is 0.227 e. The number of likely N-dealkylation sites (tertiary alicyclic amines) is 1. The van der Waals surface area contributed by atoms with Crippen molar-refractivity contribution >= 4 is 5.91 Å². The van der Waals surface area contributed by atoms with Crippen molar-refractivity contribution in [3.63, 3.8) is 0 Å². The number of hydrogen-bond acceptors (Lipinski definition) is 4. The highest BCUT2D eigenvalue weighted by atomic mass is 16.3. The number of carbonyl (C=O) groups is 1. The van der Waals surface area contributed by atoms with E-state index in [1.54, 1.807) is 0 Å². The van der Waals surface area contributed by atoms with Gasteiger partial charge in [0.1, 0.15) is 0 Å². The van der Waals surface area contributed by atoms with Crippen molar-refractivity contribution in [1.82, 2.24) is 9.80 Å². The molecule has 20 heavy (non-hydrogen) atoms. The molecule has 5 unspecified atom stereocenters. The SMILES string of the molecule is CC1CCCC(C(=O)N2CC(O)CC2CN(C)C)C1N. The van der Waals surface area contributed by atoms with Crippen LogP contribution in [0, 0.1) is 11.8 Å². The molecule has 1 saturated heterocycles. The molecular formula is C15H29N3O2. The number of carbonyl (C=O) groups excluding carboxylic acids is 1. The van der Waals surface area contributed by atoms with E-state index in [9.17, 15) is 9.90 Å². The lowest BCUT2D eigenvalue weighted by atomic mass is 9.77. The third kappa shape index (κ3) is 3.32. The predicted molar refractivity (Wildman–Crippen MR) is 79.2 cm³/mol. The summed E-state index contributed by atoms with van der Waals surface area (Å²) in [5.41, 5.74) is 6.25. The molecule has 2 rings (SSSR count). The van der Waals surface area contributed by atoms with Crippen molar-refractivity contribution in [3.8, 4) is 0 Å². The Bertz CT molecular complexity index is 348. The van der Waals surface area contributed by atoms with E-state index < -0.39 is 0 Å². The fraction of sp³-hybridized carbons (Fsp3) is 0.933. The number of amides is 1. The van der Waals surface area contributed by atoms with E-state index >= 15 is 0 Å². The van der Waals surface area contributed by atoms with Crippen LogP contribution in [0.2, 0.25) is 0 Å². The summed E-state index contributed by atoms with van der Waals surface area (Å²) in [6, 6.07) is 0.0888. The second-order valence-electron chi connectivity index (χ2n) is 6.89. The zero-order valence-electron chi connectivity index (χ0n) is 13.0. The molecule has 1 heterocycles. The van der Waals surface area contributed by atoms with Gasteiger partial charge in [0, 0.05) is 25.2 Å². The van der Waals surface area contributed by atoms with Crippen LogP contribution in [-0.2, 0) is 4.79 Å². The number of rotatable bonds is 3. The highest BCUT2D eigenvalue weighted by Crippen LogP contribution is 2.31. The van der Waals surface area contributed by atoms with E-state index in [0.29, 0.717) is 18.9 Å². The van der Waals surface area contributed by atoms with Gasteiger partial charge in [-0.1, -0.05) is 13.3 Å². The molecular weight excluding hydrogens is 254 g/mol. The van der Waals surface area contributed by atoms with Crippen molar-refractivity contribution in [2.45, 2.75) is 50.8 Å². The molecule has 1 aliphatic heterocycles. The Hall–Kier alpha value is -0.650. The van der Waals surface area contributed by atoms with Gasteiger partial charge in [0.2, 0.25) is 5.91 Å². The van der Waals surface area contributed by atoms with Crippen LogP contribution in [0.5, 0.6) is 0 Å². The summed E-state index contributed by atoms with van der Waals surface area (Å²) in [6.45, 7) is 3.41. The number of nitrogens with two attached hydrogens (primary N) is 1. The Morgan fingerprint density at radius 2 is 2.10 bits per heavy atom. The minimum atomic E-state index is -0.388. The average molecular weight is 283 g/mol. The molecule has 5 atom stereocenters. The molecule has 1 saturated carbocycles. The third-order valence-electron chi connectivity index (χ3n) is 4.86. The first-order valence-corrected chi connectivity index (χ1v) is 7.79. The van der Waals surface area contributed by atoms with Crippen LogP contribution in [-0.4, -0.2) is 66.2 Å². The van der Waals surface area contributed by atoms with Gasteiger partial charge in [-0.05, 0) is 39.3 Å². The molecule has 0 aromatic rings. The Labute approximate surface area is 122 Å². The quantitative estimate of drug-likeness (QED) is 0.780. The largest absolute Gasteiger partial charge is 0.391 e. The summed E-state index contributed by atoms with van der Waals surface area (Å²) in [5, 5.41) is 9.90. The highest BCUT2D eigenvalue weighted by molar-refractivity contribution is 5.80. The molecule has 1 aliphatic carbocycles. The molecule has 116 valence electrons. The summed E-state index contributed by atoms with van der Waals surface area (Å²) >= 11 is 0. The fourth-order valence-corrected chi connectivity index (χ4v) is 3.70. The van der Waals surface area contributed by atoms with Gasteiger partial charge < -0.3 is 20.6 Å². The molecule has 5 heteroatoms. The van der Waals surface area contributed by atoms with Gasteiger partial charge in [-0.15, -0.1) is 0 Å². The first-order valence-electron chi connectivity index (χ1n) is 7.79. The lowest BCUT2D eigenvalue weighted by molar-refractivity contribution is -0.139. The Morgan fingerprint density at radius 1 is 1.40 bits per heavy atom. The van der Waals surface area contributed by atoms with E-state index in [1.165, 1.54) is 0 Å². The van der Waals surface area contributed by atoms with Gasteiger partial charge >= 0.3 is 0 Å². The first kappa shape index (κ1) is 15.7. The van der Waals surface area contributed by atoms with Crippen LogP contribution in [0.15, 0.2) is 0 Å². The molecule has 1 amide bonds. The summed E-state index contributed by atoms with van der Waals surface area (Å²) in [6.07, 6.45) is 3.39. The molecule has 0 radical (unpaired) electrons. The highest BCUT2D eigenvalue weighted by Gasteiger charge is 2.41. The normalized spacial score (nSPS) is 38.5. The maximum Gasteiger partial charge on any atom is 0.227 e. The molecule has 2 fully saturated rings. The monoisotopic (exact) mass is 283 g/mol. The average Bonchev–Trinajstić information content (AvgIpc) is 2.72. The predicted octanol–water partition coefficient (Wildman–Crippen LogP) is 0.273.